The number of nitrogens with one attached hydrogen (secondary N) is 1. The van der Waals surface area contributed by atoms with Crippen LogP contribution in [0, 0.1) is 0 Å². The van der Waals surface area contributed by atoms with Gasteiger partial charge in [-0.15, -0.1) is 0 Å². The van der Waals surface area contributed by atoms with E-state index in [9.17, 15) is 4.79 Å². The van der Waals surface area contributed by atoms with Crippen molar-refractivity contribution in [2.45, 2.75) is 13.8 Å². The first-order valence-corrected chi connectivity index (χ1v) is 11.2. The fraction of sp³-hybridized carbons (Fsp3) is 0.103. The Hall–Kier alpha value is -4.38. The average Bonchev–Trinajstić information content (AvgIpc) is 3.27. The topological polar surface area (TPSA) is 64.4 Å². The fourth-order valence-corrected chi connectivity index (χ4v) is 4.13. The van der Waals surface area contributed by atoms with Gasteiger partial charge in [-0.3, -0.25) is 9.78 Å². The minimum atomic E-state index is -0.228. The summed E-state index contributed by atoms with van der Waals surface area (Å²) in [4.78, 5) is 17.3. The molecule has 0 fully saturated rings. The van der Waals surface area contributed by atoms with Gasteiger partial charge in [-0.05, 0) is 43.2 Å². The fourth-order valence-electron chi connectivity index (χ4n) is 4.13. The monoisotopic (exact) mass is 448 g/mol. The van der Waals surface area contributed by atoms with E-state index < -0.39 is 0 Å². The lowest BCUT2D eigenvalue weighted by Crippen LogP contribution is -2.09. The predicted molar refractivity (Wildman–Crippen MR) is 137 cm³/mol. The molecule has 5 aromatic rings. The molecule has 0 bridgehead atoms. The highest BCUT2D eigenvalue weighted by atomic mass is 16.5. The molecule has 0 aliphatic heterocycles. The van der Waals surface area contributed by atoms with Crippen LogP contribution in [0.25, 0.3) is 38.6 Å². The van der Waals surface area contributed by atoms with Crippen LogP contribution in [0.3, 0.4) is 0 Å². The van der Waals surface area contributed by atoms with Gasteiger partial charge in [0.05, 0.1) is 24.1 Å². The Morgan fingerprint density at radius 1 is 1.06 bits per heavy atom. The van der Waals surface area contributed by atoms with Crippen LogP contribution in [0.2, 0.25) is 0 Å². The van der Waals surface area contributed by atoms with Gasteiger partial charge in [0.2, 0.25) is 5.91 Å². The molecule has 0 saturated carbocycles. The molecule has 3 aromatic carbocycles. The van der Waals surface area contributed by atoms with Gasteiger partial charge in [0, 0.05) is 40.2 Å². The first kappa shape index (κ1) is 21.5. The number of benzene rings is 3. The molecule has 168 valence electrons. The highest BCUT2D eigenvalue weighted by Crippen LogP contribution is 2.37. The summed E-state index contributed by atoms with van der Waals surface area (Å²) in [7, 11) is 0. The Labute approximate surface area is 197 Å². The molecular formula is C29H24N2O3. The third-order valence-corrected chi connectivity index (χ3v) is 5.72. The van der Waals surface area contributed by atoms with Crippen LogP contribution in [0.5, 0.6) is 5.75 Å². The van der Waals surface area contributed by atoms with Gasteiger partial charge in [-0.2, -0.15) is 0 Å². The second kappa shape index (κ2) is 9.24. The van der Waals surface area contributed by atoms with E-state index in [4.69, 9.17) is 9.15 Å². The van der Waals surface area contributed by atoms with Crippen molar-refractivity contribution >= 4 is 39.0 Å². The summed E-state index contributed by atoms with van der Waals surface area (Å²) in [6, 6.07) is 23.6. The molecular weight excluding hydrogens is 424 g/mol. The van der Waals surface area contributed by atoms with Crippen LogP contribution in [-0.4, -0.2) is 17.5 Å². The number of aromatic nitrogens is 1. The maximum absolute atomic E-state index is 12.9. The van der Waals surface area contributed by atoms with E-state index in [-0.39, 0.29) is 5.91 Å². The standard InChI is InChI=1S/C29H24N2O3/c1-3-33-26-17-27-23(24(18-34-27)20-9-5-4-6-10-20)16-22(26)19(2)15-28(32)31-25-13-7-11-21-12-8-14-30-29(21)25/h4-18H,3H2,1-2H3,(H,31,32)/b19-15+. The number of hydrogen-bond donors (Lipinski definition) is 1. The van der Waals surface area contributed by atoms with Gasteiger partial charge in [0.15, 0.2) is 0 Å². The van der Waals surface area contributed by atoms with Gasteiger partial charge in [0.1, 0.15) is 11.3 Å². The molecule has 1 amide bonds. The maximum atomic E-state index is 12.9. The van der Waals surface area contributed by atoms with Crippen molar-refractivity contribution in [1.82, 2.24) is 4.98 Å². The number of hydrogen-bond acceptors (Lipinski definition) is 4. The van der Waals surface area contributed by atoms with E-state index in [1.165, 1.54) is 0 Å². The van der Waals surface area contributed by atoms with E-state index in [2.05, 4.69) is 22.4 Å². The third-order valence-electron chi connectivity index (χ3n) is 5.72. The zero-order valence-corrected chi connectivity index (χ0v) is 19.0. The number of rotatable bonds is 6. The summed E-state index contributed by atoms with van der Waals surface area (Å²) in [6.07, 6.45) is 5.07. The van der Waals surface area contributed by atoms with Crippen LogP contribution in [0.1, 0.15) is 19.4 Å². The van der Waals surface area contributed by atoms with Gasteiger partial charge < -0.3 is 14.5 Å². The van der Waals surface area contributed by atoms with E-state index in [0.717, 1.165) is 44.1 Å². The van der Waals surface area contributed by atoms with Gasteiger partial charge in [0.25, 0.3) is 0 Å². The first-order valence-electron chi connectivity index (χ1n) is 11.2. The minimum Gasteiger partial charge on any atom is -0.493 e. The van der Waals surface area contributed by atoms with Crippen molar-refractivity contribution in [2.24, 2.45) is 0 Å². The van der Waals surface area contributed by atoms with E-state index in [0.29, 0.717) is 18.0 Å². The molecule has 5 rings (SSSR count). The molecule has 2 aromatic heterocycles. The molecule has 5 heteroatoms. The normalized spacial score (nSPS) is 11.6. The van der Waals surface area contributed by atoms with Crippen molar-refractivity contribution in [3.63, 3.8) is 0 Å². The number of para-hydroxylation sites is 1. The lowest BCUT2D eigenvalue weighted by atomic mass is 9.99. The molecule has 0 aliphatic carbocycles. The van der Waals surface area contributed by atoms with E-state index >= 15 is 0 Å². The Kier molecular flexibility index (Phi) is 5.83. The number of furan rings is 1. The SMILES string of the molecule is CCOc1cc2occ(-c3ccccc3)c2cc1/C(C)=C/C(=O)Nc1cccc2cccnc12. The summed E-state index contributed by atoms with van der Waals surface area (Å²) in [5, 5.41) is 4.91. The maximum Gasteiger partial charge on any atom is 0.248 e. The van der Waals surface area contributed by atoms with Gasteiger partial charge in [-0.25, -0.2) is 0 Å². The average molecular weight is 449 g/mol. The largest absolute Gasteiger partial charge is 0.493 e. The Bertz CT molecular complexity index is 1510. The number of anilines is 1. The highest BCUT2D eigenvalue weighted by Gasteiger charge is 2.15. The van der Waals surface area contributed by atoms with Crippen LogP contribution in [0.15, 0.2) is 95.7 Å². The zero-order valence-electron chi connectivity index (χ0n) is 19.0. The zero-order chi connectivity index (χ0) is 23.5. The van der Waals surface area contributed by atoms with Crippen LogP contribution in [-0.2, 0) is 4.79 Å². The molecule has 34 heavy (non-hydrogen) atoms. The molecule has 1 N–H and O–H groups in total. The molecule has 0 saturated heterocycles. The molecule has 0 unspecified atom stereocenters. The molecule has 0 spiro atoms. The quantitative estimate of drug-likeness (QED) is 0.282. The lowest BCUT2D eigenvalue weighted by Gasteiger charge is -2.12. The van der Waals surface area contributed by atoms with Crippen molar-refractivity contribution in [3.05, 3.63) is 96.9 Å². The van der Waals surface area contributed by atoms with Gasteiger partial charge in [-0.1, -0.05) is 48.5 Å². The van der Waals surface area contributed by atoms with Crippen LogP contribution >= 0.6 is 0 Å². The summed E-state index contributed by atoms with van der Waals surface area (Å²) in [5.74, 6) is 0.450. The molecule has 0 atom stereocenters. The Morgan fingerprint density at radius 3 is 2.71 bits per heavy atom. The number of pyridine rings is 1. The summed E-state index contributed by atoms with van der Waals surface area (Å²) in [6.45, 7) is 4.35. The first-order chi connectivity index (χ1) is 16.6. The van der Waals surface area contributed by atoms with Crippen LogP contribution < -0.4 is 10.1 Å². The number of nitrogens with zero attached hydrogens (tertiary/aromatic N) is 1. The van der Waals surface area contributed by atoms with Crippen molar-refractivity contribution in [3.8, 4) is 16.9 Å². The Balaban J connectivity index is 1.52. The number of carbonyl (C=O) groups is 1. The highest BCUT2D eigenvalue weighted by molar-refractivity contribution is 6.08. The van der Waals surface area contributed by atoms with Crippen LogP contribution in [0.4, 0.5) is 5.69 Å². The lowest BCUT2D eigenvalue weighted by molar-refractivity contribution is -0.111. The molecule has 2 heterocycles. The minimum absolute atomic E-state index is 0.228. The third kappa shape index (κ3) is 4.16. The summed E-state index contributed by atoms with van der Waals surface area (Å²) >= 11 is 0. The number of ether oxygens (including phenoxy) is 1. The summed E-state index contributed by atoms with van der Waals surface area (Å²) < 4.78 is 11.7. The van der Waals surface area contributed by atoms with Gasteiger partial charge >= 0.3 is 0 Å². The predicted octanol–water partition coefficient (Wildman–Crippen LogP) is 7.09. The van der Waals surface area contributed by atoms with Crippen molar-refractivity contribution < 1.29 is 13.9 Å². The number of carbonyl (C=O) groups excluding carboxylic acids is 1. The number of amides is 1. The van der Waals surface area contributed by atoms with Crippen molar-refractivity contribution in [1.29, 1.82) is 0 Å². The number of allylic oxidation sites excluding steroid dienone is 1. The van der Waals surface area contributed by atoms with Crippen molar-refractivity contribution in [2.75, 3.05) is 11.9 Å². The second-order valence-electron chi connectivity index (χ2n) is 7.99. The van der Waals surface area contributed by atoms with E-state index in [1.54, 1.807) is 18.5 Å². The molecule has 0 aliphatic rings. The Morgan fingerprint density at radius 2 is 1.88 bits per heavy atom. The van der Waals surface area contributed by atoms with E-state index in [1.807, 2.05) is 74.5 Å². The summed E-state index contributed by atoms with van der Waals surface area (Å²) in [5.41, 5.74) is 5.87. The molecule has 0 radical (unpaired) electrons. The number of fused-ring (bicyclic) bond motifs is 2. The second-order valence-corrected chi connectivity index (χ2v) is 7.99. The smallest absolute Gasteiger partial charge is 0.248 e. The molecule has 5 nitrogen and oxygen atoms in total.